The first-order valence-corrected chi connectivity index (χ1v) is 8.29. The molecule has 0 saturated carbocycles. The van der Waals surface area contributed by atoms with Gasteiger partial charge in [-0.25, -0.2) is 0 Å². The van der Waals surface area contributed by atoms with E-state index in [0.717, 1.165) is 10.0 Å². The maximum atomic E-state index is 12.0. The van der Waals surface area contributed by atoms with E-state index in [9.17, 15) is 9.59 Å². The molecule has 6 heteroatoms. The van der Waals surface area contributed by atoms with Crippen LogP contribution < -0.4 is 15.4 Å². The van der Waals surface area contributed by atoms with E-state index in [1.54, 1.807) is 24.3 Å². The molecule has 0 heterocycles. The molecular formula is C18H19BrN2O3. The Hall–Kier alpha value is -2.34. The Morgan fingerprint density at radius 2 is 1.79 bits per heavy atom. The maximum Gasteiger partial charge on any atom is 0.258 e. The summed E-state index contributed by atoms with van der Waals surface area (Å²) in [5, 5.41) is 5.56. The molecule has 2 rings (SSSR count). The number of anilines is 1. The average Bonchev–Trinajstić information content (AvgIpc) is 2.54. The highest BCUT2D eigenvalue weighted by molar-refractivity contribution is 9.10. The molecule has 0 aliphatic rings. The van der Waals surface area contributed by atoms with E-state index in [1.165, 1.54) is 6.92 Å². The lowest BCUT2D eigenvalue weighted by molar-refractivity contribution is -0.123. The minimum atomic E-state index is -0.204. The minimum absolute atomic E-state index is 0.0751. The SMILES string of the molecule is CC(=O)Nc1ccc(OCC(=O)N[C@@H](C)c2ccccc2Br)cc1. The monoisotopic (exact) mass is 390 g/mol. The zero-order valence-corrected chi connectivity index (χ0v) is 15.1. The quantitative estimate of drug-likeness (QED) is 0.790. The molecule has 2 N–H and O–H groups in total. The van der Waals surface area contributed by atoms with E-state index >= 15 is 0 Å². The van der Waals surface area contributed by atoms with Gasteiger partial charge in [0, 0.05) is 17.1 Å². The van der Waals surface area contributed by atoms with Crippen LogP contribution in [-0.4, -0.2) is 18.4 Å². The summed E-state index contributed by atoms with van der Waals surface area (Å²) in [6, 6.07) is 14.5. The maximum absolute atomic E-state index is 12.0. The van der Waals surface area contributed by atoms with Crippen LogP contribution in [-0.2, 0) is 9.59 Å². The van der Waals surface area contributed by atoms with Crippen molar-refractivity contribution in [3.05, 3.63) is 58.6 Å². The highest BCUT2D eigenvalue weighted by Crippen LogP contribution is 2.22. The number of carbonyl (C=O) groups excluding carboxylic acids is 2. The summed E-state index contributed by atoms with van der Waals surface area (Å²) >= 11 is 3.47. The van der Waals surface area contributed by atoms with E-state index in [-0.39, 0.29) is 24.5 Å². The summed E-state index contributed by atoms with van der Waals surface area (Å²) in [7, 11) is 0. The predicted octanol–water partition coefficient (Wildman–Crippen LogP) is 3.66. The minimum Gasteiger partial charge on any atom is -0.484 e. The van der Waals surface area contributed by atoms with Crippen LogP contribution in [0.5, 0.6) is 5.75 Å². The largest absolute Gasteiger partial charge is 0.484 e. The first kappa shape index (κ1) is 18.0. The van der Waals surface area contributed by atoms with Crippen molar-refractivity contribution in [1.82, 2.24) is 5.32 Å². The van der Waals surface area contributed by atoms with Gasteiger partial charge in [-0.05, 0) is 42.8 Å². The second-order valence-corrected chi connectivity index (χ2v) is 6.16. The van der Waals surface area contributed by atoms with Crippen molar-refractivity contribution in [2.45, 2.75) is 19.9 Å². The molecule has 2 aromatic carbocycles. The van der Waals surface area contributed by atoms with Crippen molar-refractivity contribution in [1.29, 1.82) is 0 Å². The summed E-state index contributed by atoms with van der Waals surface area (Å²) in [5.41, 5.74) is 1.69. The van der Waals surface area contributed by atoms with Crippen molar-refractivity contribution >= 4 is 33.4 Å². The lowest BCUT2D eigenvalue weighted by atomic mass is 10.1. The molecule has 0 fully saturated rings. The first-order valence-electron chi connectivity index (χ1n) is 7.50. The molecular weight excluding hydrogens is 372 g/mol. The molecule has 0 aliphatic heterocycles. The molecule has 0 saturated heterocycles. The number of benzene rings is 2. The molecule has 0 radical (unpaired) electrons. The molecule has 1 atom stereocenters. The summed E-state index contributed by atoms with van der Waals surface area (Å²) in [6.07, 6.45) is 0. The zero-order chi connectivity index (χ0) is 17.5. The van der Waals surface area contributed by atoms with Gasteiger partial charge in [0.2, 0.25) is 5.91 Å². The number of ether oxygens (including phenoxy) is 1. The Morgan fingerprint density at radius 3 is 2.42 bits per heavy atom. The van der Waals surface area contributed by atoms with E-state index in [0.29, 0.717) is 11.4 Å². The van der Waals surface area contributed by atoms with E-state index in [4.69, 9.17) is 4.74 Å². The second kappa shape index (κ2) is 8.49. The molecule has 24 heavy (non-hydrogen) atoms. The molecule has 0 unspecified atom stereocenters. The standard InChI is InChI=1S/C18H19BrN2O3/c1-12(16-5-3-4-6-17(16)19)20-18(23)11-24-15-9-7-14(8-10-15)21-13(2)22/h3-10,12H,11H2,1-2H3,(H,20,23)(H,21,22)/t12-/m0/s1. The van der Waals surface area contributed by atoms with Gasteiger partial charge in [-0.1, -0.05) is 34.1 Å². The van der Waals surface area contributed by atoms with Crippen LogP contribution >= 0.6 is 15.9 Å². The third-order valence-electron chi connectivity index (χ3n) is 3.29. The Bertz CT molecular complexity index is 716. The molecule has 2 amide bonds. The van der Waals surface area contributed by atoms with Crippen LogP contribution in [0.25, 0.3) is 0 Å². The first-order chi connectivity index (χ1) is 11.5. The Labute approximate surface area is 149 Å². The van der Waals surface area contributed by atoms with Gasteiger partial charge in [-0.3, -0.25) is 9.59 Å². The fourth-order valence-corrected chi connectivity index (χ4v) is 2.80. The normalized spacial score (nSPS) is 11.5. The van der Waals surface area contributed by atoms with Crippen LogP contribution in [0.3, 0.4) is 0 Å². The third-order valence-corrected chi connectivity index (χ3v) is 4.02. The van der Waals surface area contributed by atoms with Crippen molar-refractivity contribution in [3.8, 4) is 5.75 Å². The van der Waals surface area contributed by atoms with Crippen molar-refractivity contribution in [2.75, 3.05) is 11.9 Å². The summed E-state index contributed by atoms with van der Waals surface area (Å²) in [5.74, 6) is 0.223. The topological polar surface area (TPSA) is 67.4 Å². The van der Waals surface area contributed by atoms with Gasteiger partial charge in [0.25, 0.3) is 5.91 Å². The molecule has 0 spiro atoms. The molecule has 126 valence electrons. The van der Waals surface area contributed by atoms with Crippen molar-refractivity contribution in [3.63, 3.8) is 0 Å². The van der Waals surface area contributed by atoms with Gasteiger partial charge < -0.3 is 15.4 Å². The highest BCUT2D eigenvalue weighted by Gasteiger charge is 2.12. The Kier molecular flexibility index (Phi) is 6.37. The van der Waals surface area contributed by atoms with Gasteiger partial charge >= 0.3 is 0 Å². The van der Waals surface area contributed by atoms with E-state index in [1.807, 2.05) is 31.2 Å². The lowest BCUT2D eigenvalue weighted by Gasteiger charge is -2.16. The van der Waals surface area contributed by atoms with Gasteiger partial charge in [-0.15, -0.1) is 0 Å². The smallest absolute Gasteiger partial charge is 0.258 e. The van der Waals surface area contributed by atoms with Gasteiger partial charge in [0.05, 0.1) is 6.04 Å². The molecule has 0 aliphatic carbocycles. The second-order valence-electron chi connectivity index (χ2n) is 5.30. The molecule has 0 aromatic heterocycles. The summed E-state index contributed by atoms with van der Waals surface area (Å²) in [6.45, 7) is 3.29. The van der Waals surface area contributed by atoms with Gasteiger partial charge in [0.15, 0.2) is 6.61 Å². The number of carbonyl (C=O) groups is 2. The highest BCUT2D eigenvalue weighted by atomic mass is 79.9. The number of halogens is 1. The Balaban J connectivity index is 1.84. The molecule has 2 aromatic rings. The number of rotatable bonds is 6. The number of amides is 2. The Morgan fingerprint density at radius 1 is 1.12 bits per heavy atom. The van der Waals surface area contributed by atoms with Crippen molar-refractivity contribution < 1.29 is 14.3 Å². The van der Waals surface area contributed by atoms with Crippen LogP contribution in [0.4, 0.5) is 5.69 Å². The van der Waals surface area contributed by atoms with E-state index < -0.39 is 0 Å². The third kappa shape index (κ3) is 5.38. The van der Waals surface area contributed by atoms with Crippen LogP contribution in [0.2, 0.25) is 0 Å². The average molecular weight is 391 g/mol. The molecule has 0 bridgehead atoms. The van der Waals surface area contributed by atoms with Crippen molar-refractivity contribution in [2.24, 2.45) is 0 Å². The lowest BCUT2D eigenvalue weighted by Crippen LogP contribution is -2.31. The van der Waals surface area contributed by atoms with E-state index in [2.05, 4.69) is 26.6 Å². The molecule has 5 nitrogen and oxygen atoms in total. The van der Waals surface area contributed by atoms with Crippen LogP contribution in [0, 0.1) is 0 Å². The zero-order valence-electron chi connectivity index (χ0n) is 13.5. The van der Waals surface area contributed by atoms with Gasteiger partial charge in [0.1, 0.15) is 5.75 Å². The van der Waals surface area contributed by atoms with Gasteiger partial charge in [-0.2, -0.15) is 0 Å². The summed E-state index contributed by atoms with van der Waals surface area (Å²) in [4.78, 5) is 23.0. The van der Waals surface area contributed by atoms with Crippen LogP contribution in [0.15, 0.2) is 53.0 Å². The number of hydrogen-bond acceptors (Lipinski definition) is 3. The number of hydrogen-bond donors (Lipinski definition) is 2. The predicted molar refractivity (Wildman–Crippen MR) is 96.9 cm³/mol. The fourth-order valence-electron chi connectivity index (χ4n) is 2.17. The fraction of sp³-hybridized carbons (Fsp3) is 0.222. The van der Waals surface area contributed by atoms with Crippen LogP contribution in [0.1, 0.15) is 25.5 Å². The summed E-state index contributed by atoms with van der Waals surface area (Å²) < 4.78 is 6.41. The number of nitrogens with one attached hydrogen (secondary N) is 2.